The number of anilines is 2. The number of morpholine rings is 1. The van der Waals surface area contributed by atoms with E-state index in [1.54, 1.807) is 19.1 Å². The molecule has 0 bridgehead atoms. The van der Waals surface area contributed by atoms with E-state index in [1.807, 2.05) is 35.2 Å². The Labute approximate surface area is 158 Å². The van der Waals surface area contributed by atoms with Crippen molar-refractivity contribution in [1.82, 2.24) is 5.43 Å². The summed E-state index contributed by atoms with van der Waals surface area (Å²) in [6.07, 6.45) is 0. The Balaban J connectivity index is 1.57. The summed E-state index contributed by atoms with van der Waals surface area (Å²) >= 11 is 0. The van der Waals surface area contributed by atoms with Crippen molar-refractivity contribution in [3.63, 3.8) is 0 Å². The summed E-state index contributed by atoms with van der Waals surface area (Å²) in [5.41, 5.74) is 5.07. The maximum Gasteiger partial charge on any atom is 0.259 e. The van der Waals surface area contributed by atoms with Crippen LogP contribution in [-0.4, -0.2) is 44.5 Å². The number of nitrogens with zero attached hydrogens (tertiary/aromatic N) is 2. The van der Waals surface area contributed by atoms with Crippen LogP contribution in [0, 0.1) is 5.82 Å². The van der Waals surface area contributed by atoms with Gasteiger partial charge in [0, 0.05) is 24.3 Å². The van der Waals surface area contributed by atoms with Crippen LogP contribution in [0.5, 0.6) is 0 Å². The maximum absolute atomic E-state index is 14.5. The molecule has 1 amide bonds. The number of benzene rings is 2. The van der Waals surface area contributed by atoms with E-state index in [9.17, 15) is 9.18 Å². The third-order valence-electron chi connectivity index (χ3n) is 4.29. The minimum Gasteiger partial charge on any atom is -0.378 e. The fourth-order valence-corrected chi connectivity index (χ4v) is 2.78. The lowest BCUT2D eigenvalue weighted by atomic mass is 10.1. The first-order valence-electron chi connectivity index (χ1n) is 8.88. The van der Waals surface area contributed by atoms with E-state index in [1.165, 1.54) is 6.07 Å². The molecule has 0 aromatic heterocycles. The number of rotatable bonds is 6. The van der Waals surface area contributed by atoms with Gasteiger partial charge < -0.3 is 15.0 Å². The molecule has 0 atom stereocenters. The zero-order chi connectivity index (χ0) is 19.1. The third-order valence-corrected chi connectivity index (χ3v) is 4.29. The second-order valence-corrected chi connectivity index (χ2v) is 6.22. The molecule has 1 aliphatic heterocycles. The summed E-state index contributed by atoms with van der Waals surface area (Å²) in [6.45, 7) is 4.39. The molecule has 142 valence electrons. The highest BCUT2D eigenvalue weighted by Crippen LogP contribution is 2.21. The summed E-state index contributed by atoms with van der Waals surface area (Å²) in [6, 6.07) is 14.4. The number of carbonyl (C=O) groups excluding carboxylic acids is 1. The molecule has 1 saturated heterocycles. The van der Waals surface area contributed by atoms with Gasteiger partial charge >= 0.3 is 0 Å². The number of ether oxygens (including phenoxy) is 1. The molecule has 7 heteroatoms. The zero-order valence-corrected chi connectivity index (χ0v) is 15.2. The Morgan fingerprint density at radius 2 is 1.93 bits per heavy atom. The lowest BCUT2D eigenvalue weighted by Crippen LogP contribution is -2.36. The van der Waals surface area contributed by atoms with Crippen LogP contribution >= 0.6 is 0 Å². The molecular weight excluding hydrogens is 347 g/mol. The van der Waals surface area contributed by atoms with Crippen LogP contribution in [0.25, 0.3) is 0 Å². The molecule has 3 rings (SSSR count). The van der Waals surface area contributed by atoms with Crippen LogP contribution < -0.4 is 15.6 Å². The number of para-hydroxylation sites is 1. The van der Waals surface area contributed by atoms with Crippen molar-refractivity contribution in [1.29, 1.82) is 0 Å². The van der Waals surface area contributed by atoms with Gasteiger partial charge in [0.1, 0.15) is 5.82 Å². The molecule has 27 heavy (non-hydrogen) atoms. The van der Waals surface area contributed by atoms with Crippen molar-refractivity contribution in [2.75, 3.05) is 43.1 Å². The highest BCUT2D eigenvalue weighted by Gasteiger charge is 2.15. The monoisotopic (exact) mass is 370 g/mol. The number of carbonyl (C=O) groups is 1. The predicted molar refractivity (Wildman–Crippen MR) is 105 cm³/mol. The molecule has 0 unspecified atom stereocenters. The molecule has 1 fully saturated rings. The Kier molecular flexibility index (Phi) is 6.38. The van der Waals surface area contributed by atoms with Gasteiger partial charge in [-0.05, 0) is 31.2 Å². The van der Waals surface area contributed by atoms with Gasteiger partial charge in [0.2, 0.25) is 0 Å². The average Bonchev–Trinajstić information content (AvgIpc) is 2.71. The van der Waals surface area contributed by atoms with Crippen LogP contribution in [0.1, 0.15) is 12.5 Å². The first-order chi connectivity index (χ1) is 13.1. The second-order valence-electron chi connectivity index (χ2n) is 6.22. The van der Waals surface area contributed by atoms with Crippen molar-refractivity contribution in [3.05, 3.63) is 59.9 Å². The van der Waals surface area contributed by atoms with Gasteiger partial charge in [-0.15, -0.1) is 0 Å². The number of hydrogen-bond acceptors (Lipinski definition) is 5. The molecule has 0 radical (unpaired) electrons. The third kappa shape index (κ3) is 5.27. The van der Waals surface area contributed by atoms with Crippen LogP contribution in [0.2, 0.25) is 0 Å². The van der Waals surface area contributed by atoms with E-state index >= 15 is 0 Å². The summed E-state index contributed by atoms with van der Waals surface area (Å²) in [5, 5.41) is 7.07. The molecule has 1 aliphatic rings. The molecule has 0 spiro atoms. The van der Waals surface area contributed by atoms with Gasteiger partial charge in [0.25, 0.3) is 5.91 Å². The Bertz CT molecular complexity index is 805. The lowest BCUT2D eigenvalue weighted by molar-refractivity contribution is -0.119. The topological polar surface area (TPSA) is 66.0 Å². The Morgan fingerprint density at radius 3 is 2.63 bits per heavy atom. The predicted octanol–water partition coefficient (Wildman–Crippen LogP) is 2.61. The van der Waals surface area contributed by atoms with Crippen LogP contribution in [0.4, 0.5) is 15.8 Å². The number of hydrazone groups is 1. The number of hydrogen-bond donors (Lipinski definition) is 2. The van der Waals surface area contributed by atoms with Gasteiger partial charge in [-0.3, -0.25) is 4.79 Å². The fourth-order valence-electron chi connectivity index (χ4n) is 2.78. The normalized spacial score (nSPS) is 14.7. The van der Waals surface area contributed by atoms with Crippen LogP contribution in [-0.2, 0) is 9.53 Å². The Hall–Kier alpha value is -2.93. The molecule has 2 aromatic rings. The van der Waals surface area contributed by atoms with Gasteiger partial charge in [0.15, 0.2) is 0 Å². The average molecular weight is 370 g/mol. The van der Waals surface area contributed by atoms with E-state index in [-0.39, 0.29) is 18.3 Å². The number of amides is 1. The smallest absolute Gasteiger partial charge is 0.259 e. The summed E-state index contributed by atoms with van der Waals surface area (Å²) in [4.78, 5) is 13.9. The molecule has 6 nitrogen and oxygen atoms in total. The second kappa shape index (κ2) is 9.14. The quantitative estimate of drug-likeness (QED) is 0.606. The molecule has 2 N–H and O–H groups in total. The van der Waals surface area contributed by atoms with Gasteiger partial charge in [0.05, 0.1) is 31.2 Å². The first kappa shape index (κ1) is 18.8. The standard InChI is InChI=1S/C20H23FN4O2/c1-15(23-24-20(26)14-22-17-5-3-2-4-6-17)16-7-8-19(18(21)13-16)25-9-11-27-12-10-25/h2-8,13,22H,9-12,14H2,1H3,(H,24,26)/b23-15+. The fraction of sp³-hybridized carbons (Fsp3) is 0.300. The van der Waals surface area contributed by atoms with Gasteiger partial charge in [-0.1, -0.05) is 24.3 Å². The first-order valence-corrected chi connectivity index (χ1v) is 8.88. The zero-order valence-electron chi connectivity index (χ0n) is 15.2. The minimum atomic E-state index is -0.305. The molecule has 1 heterocycles. The summed E-state index contributed by atoms with van der Waals surface area (Å²) in [5.74, 6) is -0.579. The van der Waals surface area contributed by atoms with Gasteiger partial charge in [-0.25, -0.2) is 9.82 Å². The molecule has 0 saturated carbocycles. The SMILES string of the molecule is C/C(=N\NC(=O)CNc1ccccc1)c1ccc(N2CCOCC2)c(F)c1. The van der Waals surface area contributed by atoms with E-state index in [0.717, 1.165) is 5.69 Å². The van der Waals surface area contributed by atoms with E-state index in [0.29, 0.717) is 43.3 Å². The van der Waals surface area contributed by atoms with E-state index in [4.69, 9.17) is 4.74 Å². The minimum absolute atomic E-state index is 0.102. The van der Waals surface area contributed by atoms with Crippen LogP contribution in [0.15, 0.2) is 53.6 Å². The van der Waals surface area contributed by atoms with E-state index in [2.05, 4.69) is 15.8 Å². The van der Waals surface area contributed by atoms with Crippen molar-refractivity contribution in [2.45, 2.75) is 6.92 Å². The Morgan fingerprint density at radius 1 is 1.19 bits per heavy atom. The van der Waals surface area contributed by atoms with Crippen molar-refractivity contribution < 1.29 is 13.9 Å². The number of halogens is 1. The lowest BCUT2D eigenvalue weighted by Gasteiger charge is -2.29. The molecule has 0 aliphatic carbocycles. The number of nitrogens with one attached hydrogen (secondary N) is 2. The summed E-state index contributed by atoms with van der Waals surface area (Å²) < 4.78 is 19.8. The largest absolute Gasteiger partial charge is 0.378 e. The van der Waals surface area contributed by atoms with Crippen molar-refractivity contribution in [3.8, 4) is 0 Å². The molecular formula is C20H23FN4O2. The highest BCUT2D eigenvalue weighted by atomic mass is 19.1. The van der Waals surface area contributed by atoms with Crippen molar-refractivity contribution in [2.24, 2.45) is 5.10 Å². The summed E-state index contributed by atoms with van der Waals surface area (Å²) in [7, 11) is 0. The van der Waals surface area contributed by atoms with Crippen molar-refractivity contribution >= 4 is 23.0 Å². The van der Waals surface area contributed by atoms with E-state index < -0.39 is 0 Å². The van der Waals surface area contributed by atoms with Crippen LogP contribution in [0.3, 0.4) is 0 Å². The molecule has 2 aromatic carbocycles. The van der Waals surface area contributed by atoms with Gasteiger partial charge in [-0.2, -0.15) is 5.10 Å². The maximum atomic E-state index is 14.5. The highest BCUT2D eigenvalue weighted by molar-refractivity contribution is 5.99.